The van der Waals surface area contributed by atoms with Gasteiger partial charge in [-0.3, -0.25) is 38.4 Å². The monoisotopic (exact) mass is 963 g/mol. The topological polar surface area (TPSA) is 340 Å². The fourth-order valence-corrected chi connectivity index (χ4v) is 7.05. The normalized spacial score (nSPS) is 23.7. The fraction of sp³-hybridized carbons (Fsp3) is 0.545. The highest BCUT2D eigenvalue weighted by atomic mass is 19.4. The molecule has 0 spiro atoms. The van der Waals surface area contributed by atoms with E-state index >= 15 is 0 Å². The number of benzene rings is 2. The Morgan fingerprint density at radius 2 is 1.13 bits per heavy atom. The van der Waals surface area contributed by atoms with Crippen LogP contribution in [0.1, 0.15) is 64.0 Å². The van der Waals surface area contributed by atoms with Crippen LogP contribution in [0, 0.1) is 5.92 Å². The molecule has 68 heavy (non-hydrogen) atoms. The summed E-state index contributed by atoms with van der Waals surface area (Å²) in [6.45, 7) is 4.04. The molecular weight excluding hydrogens is 900 g/mol. The van der Waals surface area contributed by atoms with Gasteiger partial charge in [0.05, 0.1) is 12.5 Å². The van der Waals surface area contributed by atoms with E-state index < -0.39 is 114 Å². The first kappa shape index (κ1) is 56.0. The number of carbonyl (C=O) groups excluding carboxylic acids is 8. The molecule has 2 aromatic carbocycles. The van der Waals surface area contributed by atoms with E-state index in [0.29, 0.717) is 5.56 Å². The van der Waals surface area contributed by atoms with Gasteiger partial charge in [-0.05, 0) is 87.8 Å². The fourth-order valence-electron chi connectivity index (χ4n) is 7.05. The van der Waals surface area contributed by atoms with Crippen LogP contribution in [0.25, 0.3) is 0 Å². The summed E-state index contributed by atoms with van der Waals surface area (Å²) in [6, 6.07) is 3.08. The van der Waals surface area contributed by atoms with Crippen molar-refractivity contribution in [2.24, 2.45) is 23.1 Å². The number of halogens is 3. The molecule has 0 aliphatic carbocycles. The maximum Gasteiger partial charge on any atom is 0.573 e. The van der Waals surface area contributed by atoms with Crippen LogP contribution in [0.3, 0.4) is 0 Å². The molecule has 15 N–H and O–H groups in total. The molecule has 1 heterocycles. The molecule has 1 fully saturated rings. The lowest BCUT2D eigenvalue weighted by atomic mass is 10.00. The van der Waals surface area contributed by atoms with Gasteiger partial charge in [0.2, 0.25) is 47.3 Å². The Hall–Kier alpha value is -6.37. The molecule has 1 aliphatic heterocycles. The Kier molecular flexibility index (Phi) is 22.6. The second-order valence-corrected chi connectivity index (χ2v) is 16.7. The van der Waals surface area contributed by atoms with Crippen LogP contribution in [0.4, 0.5) is 13.2 Å². The lowest BCUT2D eigenvalue weighted by Gasteiger charge is -2.28. The third-order valence-electron chi connectivity index (χ3n) is 10.5. The van der Waals surface area contributed by atoms with Crippen molar-refractivity contribution in [2.75, 3.05) is 26.2 Å². The quantitative estimate of drug-likeness (QED) is 0.0900. The number of alkyl halides is 3. The van der Waals surface area contributed by atoms with Crippen molar-refractivity contribution in [3.8, 4) is 5.75 Å². The minimum atomic E-state index is -4.95. The van der Waals surface area contributed by atoms with E-state index in [1.165, 1.54) is 19.1 Å². The zero-order valence-electron chi connectivity index (χ0n) is 38.2. The largest absolute Gasteiger partial charge is 0.573 e. The number of nitrogens with two attached hydrogens (primary N) is 3. The molecule has 376 valence electrons. The van der Waals surface area contributed by atoms with E-state index in [0.717, 1.165) is 12.1 Å². The average molecular weight is 964 g/mol. The van der Waals surface area contributed by atoms with E-state index in [9.17, 15) is 56.6 Å². The van der Waals surface area contributed by atoms with Crippen LogP contribution in [0.15, 0.2) is 54.6 Å². The first-order valence-electron chi connectivity index (χ1n) is 22.2. The summed E-state index contributed by atoms with van der Waals surface area (Å²) >= 11 is 0. The number of ether oxygens (including phenoxy) is 1. The lowest BCUT2D eigenvalue weighted by Crippen LogP contribution is -2.61. The Balaban J connectivity index is 2.08. The highest BCUT2D eigenvalue weighted by molar-refractivity contribution is 5.98. The minimum absolute atomic E-state index is 0.0677. The maximum absolute atomic E-state index is 14.2. The summed E-state index contributed by atoms with van der Waals surface area (Å²) in [4.78, 5) is 111. The number of amides is 8. The first-order chi connectivity index (χ1) is 32.1. The van der Waals surface area contributed by atoms with Crippen LogP contribution in [0.5, 0.6) is 5.75 Å². The second kappa shape index (κ2) is 27.4. The third kappa shape index (κ3) is 19.1. The molecule has 8 amide bonds. The van der Waals surface area contributed by atoms with Gasteiger partial charge in [-0.15, -0.1) is 13.2 Å². The Labute approximate surface area is 391 Å². The number of hydrogen-bond acceptors (Lipinski definition) is 13. The van der Waals surface area contributed by atoms with Gasteiger partial charge in [0, 0.05) is 13.0 Å². The molecule has 21 nitrogen and oxygen atoms in total. The third-order valence-corrected chi connectivity index (χ3v) is 10.5. The molecule has 0 radical (unpaired) electrons. The summed E-state index contributed by atoms with van der Waals surface area (Å²) in [6.07, 6.45) is -7.72. The second-order valence-electron chi connectivity index (χ2n) is 16.7. The van der Waals surface area contributed by atoms with E-state index in [4.69, 9.17) is 17.2 Å². The Morgan fingerprint density at radius 3 is 1.63 bits per heavy atom. The highest BCUT2D eigenvalue weighted by Crippen LogP contribution is 2.23. The zero-order valence-corrected chi connectivity index (χ0v) is 38.2. The van der Waals surface area contributed by atoms with Crippen molar-refractivity contribution < 1.29 is 61.4 Å². The van der Waals surface area contributed by atoms with Crippen molar-refractivity contribution >= 4 is 47.3 Å². The van der Waals surface area contributed by atoms with Gasteiger partial charge in [0.1, 0.15) is 48.0 Å². The molecule has 1 aliphatic rings. The van der Waals surface area contributed by atoms with Gasteiger partial charge in [-0.25, -0.2) is 0 Å². The molecule has 0 aromatic heterocycles. The lowest BCUT2D eigenvalue weighted by molar-refractivity contribution is -0.274. The van der Waals surface area contributed by atoms with Gasteiger partial charge < -0.3 is 69.6 Å². The van der Waals surface area contributed by atoms with Crippen molar-refractivity contribution in [1.29, 1.82) is 0 Å². The molecule has 0 saturated carbocycles. The molecule has 8 atom stereocenters. The molecule has 0 unspecified atom stereocenters. The van der Waals surface area contributed by atoms with Gasteiger partial charge in [-0.2, -0.15) is 0 Å². The van der Waals surface area contributed by atoms with Crippen molar-refractivity contribution in [3.63, 3.8) is 0 Å². The van der Waals surface area contributed by atoms with Gasteiger partial charge >= 0.3 is 6.36 Å². The predicted octanol–water partition coefficient (Wildman–Crippen LogP) is -2.24. The van der Waals surface area contributed by atoms with Gasteiger partial charge in [-0.1, -0.05) is 56.3 Å². The van der Waals surface area contributed by atoms with Crippen LogP contribution in [0.2, 0.25) is 0 Å². The summed E-state index contributed by atoms with van der Waals surface area (Å²) in [5.74, 6) is -7.65. The summed E-state index contributed by atoms with van der Waals surface area (Å²) < 4.78 is 42.0. The van der Waals surface area contributed by atoms with Gasteiger partial charge in [0.15, 0.2) is 0 Å². The van der Waals surface area contributed by atoms with Crippen LogP contribution in [-0.2, 0) is 51.2 Å². The number of aliphatic hydroxyl groups excluding tert-OH is 1. The summed E-state index contributed by atoms with van der Waals surface area (Å²) in [7, 11) is 0. The number of nitrogens with one attached hydrogen (secondary N) is 8. The molecular formula is C44H64F3N11O10. The standard InChI is InChI=1S/C44H64F3N11O10/c1-24(2)21-33-41(65)55-29(13-17-48)37(61)54-31(15-19-50)40(64)58-36(25(3)59)43(67)51-20-16-32(52-35(60)23-27-9-11-28(12-10-27)68-44(45,46)47)39(63)53-30(14-18-49)38(62)57-34(42(66)56-33)22-26-7-5-4-6-8-26/h4-12,24-25,29-34,36,59H,13-23,48-50H2,1-3H3,(H,51,67)(H,52,60)(H,53,63)(H,54,61)(H,55,65)(H,56,66)(H,57,62)(H,58,64)/t25-,29+,30+,31+,32+,33+,34-,36+/m1/s1. The van der Waals surface area contributed by atoms with Crippen molar-refractivity contribution in [1.82, 2.24) is 42.5 Å². The highest BCUT2D eigenvalue weighted by Gasteiger charge is 2.36. The smallest absolute Gasteiger partial charge is 0.406 e. The maximum atomic E-state index is 14.2. The van der Waals surface area contributed by atoms with E-state index in [2.05, 4.69) is 47.3 Å². The number of carbonyl (C=O) groups is 8. The first-order valence-corrected chi connectivity index (χ1v) is 22.2. The molecule has 3 rings (SSSR count). The number of rotatable bonds is 15. The SMILES string of the molecule is CC(C)C[C@@H]1NC(=O)[C@@H](Cc2ccccc2)NC(=O)[C@H](CCN)NC(=O)[C@@H](NC(=O)Cc2ccc(OC(F)(F)F)cc2)CCNC(=O)[C@H]([C@@H](C)O)NC(=O)[C@H](CCN)NC(=O)[C@H](CCN)NC1=O. The molecule has 0 bridgehead atoms. The van der Waals surface area contributed by atoms with Crippen LogP contribution >= 0.6 is 0 Å². The average Bonchev–Trinajstić information content (AvgIpc) is 3.26. The minimum Gasteiger partial charge on any atom is -0.406 e. The number of aliphatic hydroxyl groups is 1. The molecule has 24 heteroatoms. The van der Waals surface area contributed by atoms with Crippen LogP contribution < -0.4 is 64.5 Å². The van der Waals surface area contributed by atoms with Gasteiger partial charge in [0.25, 0.3) is 0 Å². The summed E-state index contributed by atoms with van der Waals surface area (Å²) in [5, 5.41) is 31.0. The molecule has 1 saturated heterocycles. The van der Waals surface area contributed by atoms with E-state index in [1.807, 2.05) is 0 Å². The summed E-state index contributed by atoms with van der Waals surface area (Å²) in [5.41, 5.74) is 18.3. The van der Waals surface area contributed by atoms with Crippen LogP contribution in [-0.4, -0.2) is 133 Å². The van der Waals surface area contributed by atoms with E-state index in [-0.39, 0.29) is 76.2 Å². The zero-order chi connectivity index (χ0) is 50.6. The van der Waals surface area contributed by atoms with Crippen molar-refractivity contribution in [3.05, 3.63) is 65.7 Å². The van der Waals surface area contributed by atoms with E-state index in [1.54, 1.807) is 44.2 Å². The Bertz CT molecular complexity index is 2010. The Morgan fingerprint density at radius 1 is 0.662 bits per heavy atom. The predicted molar refractivity (Wildman–Crippen MR) is 240 cm³/mol. The van der Waals surface area contributed by atoms with Crippen molar-refractivity contribution in [2.45, 2.75) is 120 Å². The number of hydrogen-bond donors (Lipinski definition) is 12. The molecule has 2 aromatic rings.